The summed E-state index contributed by atoms with van der Waals surface area (Å²) < 4.78 is 40.5. The number of carboxylic acid groups (broad SMARTS) is 1. The molecule has 1 fully saturated rings. The van der Waals surface area contributed by atoms with Crippen molar-refractivity contribution in [3.8, 4) is 0 Å². The summed E-state index contributed by atoms with van der Waals surface area (Å²) >= 11 is 6.09. The van der Waals surface area contributed by atoms with Gasteiger partial charge in [-0.1, -0.05) is 48.2 Å². The largest absolute Gasteiger partial charge is 0.480 e. The molecule has 0 atom stereocenters. The van der Waals surface area contributed by atoms with E-state index in [2.05, 4.69) is 4.98 Å². The number of carbonyl (C=O) groups excluding carboxylic acids is 1. The van der Waals surface area contributed by atoms with Crippen LogP contribution < -0.4 is 0 Å². The van der Waals surface area contributed by atoms with Crippen molar-refractivity contribution >= 4 is 57.3 Å². The molecule has 3 aromatic rings. The SMILES string of the molecule is O=C(O)CN1C(=O)/C(=C/c2nc3ccccc3n2Cc2ccc(C(F)(F)F)cc2)SC1=S. The van der Waals surface area contributed by atoms with Crippen molar-refractivity contribution in [2.24, 2.45) is 0 Å². The fourth-order valence-electron chi connectivity index (χ4n) is 3.24. The van der Waals surface area contributed by atoms with Crippen LogP contribution in [0.25, 0.3) is 17.1 Å². The van der Waals surface area contributed by atoms with Crippen molar-refractivity contribution in [1.82, 2.24) is 14.5 Å². The van der Waals surface area contributed by atoms with Gasteiger partial charge in [-0.05, 0) is 29.8 Å². The highest BCUT2D eigenvalue weighted by molar-refractivity contribution is 8.26. The van der Waals surface area contributed by atoms with E-state index in [1.165, 1.54) is 18.2 Å². The molecule has 1 aromatic heterocycles. The van der Waals surface area contributed by atoms with Gasteiger partial charge < -0.3 is 9.67 Å². The minimum absolute atomic E-state index is 0.133. The van der Waals surface area contributed by atoms with Gasteiger partial charge >= 0.3 is 12.1 Å². The molecule has 0 radical (unpaired) electrons. The molecule has 32 heavy (non-hydrogen) atoms. The number of carbonyl (C=O) groups is 2. The summed E-state index contributed by atoms with van der Waals surface area (Å²) in [7, 11) is 0. The zero-order chi connectivity index (χ0) is 23.0. The van der Waals surface area contributed by atoms with Gasteiger partial charge in [0.05, 0.1) is 21.5 Å². The topological polar surface area (TPSA) is 75.4 Å². The zero-order valence-corrected chi connectivity index (χ0v) is 17.8. The lowest BCUT2D eigenvalue weighted by Gasteiger charge is -2.11. The van der Waals surface area contributed by atoms with E-state index in [1.54, 1.807) is 16.7 Å². The molecule has 1 saturated heterocycles. The molecule has 1 aliphatic rings. The molecular formula is C21H14F3N3O3S2. The normalized spacial score (nSPS) is 15.8. The van der Waals surface area contributed by atoms with Crippen LogP contribution >= 0.6 is 24.0 Å². The van der Waals surface area contributed by atoms with Gasteiger partial charge in [0.25, 0.3) is 5.91 Å². The number of alkyl halides is 3. The molecule has 1 amide bonds. The number of carboxylic acids is 1. The van der Waals surface area contributed by atoms with Crippen LogP contribution in [0.15, 0.2) is 53.4 Å². The van der Waals surface area contributed by atoms with E-state index in [-0.39, 0.29) is 15.8 Å². The Morgan fingerprint density at radius 3 is 2.50 bits per heavy atom. The van der Waals surface area contributed by atoms with Gasteiger partial charge in [-0.25, -0.2) is 4.98 Å². The Morgan fingerprint density at radius 1 is 1.16 bits per heavy atom. The number of benzene rings is 2. The third kappa shape index (κ3) is 4.39. The number of para-hydroxylation sites is 2. The highest BCUT2D eigenvalue weighted by Gasteiger charge is 2.34. The van der Waals surface area contributed by atoms with E-state index in [9.17, 15) is 22.8 Å². The number of rotatable bonds is 5. The maximum absolute atomic E-state index is 12.9. The molecule has 1 aliphatic heterocycles. The zero-order valence-electron chi connectivity index (χ0n) is 16.2. The first-order valence-corrected chi connectivity index (χ1v) is 10.4. The first-order chi connectivity index (χ1) is 15.1. The number of nitrogens with zero attached hydrogens (tertiary/aromatic N) is 3. The van der Waals surface area contributed by atoms with Gasteiger partial charge in [-0.15, -0.1) is 0 Å². The fourth-order valence-corrected chi connectivity index (χ4v) is 4.47. The molecule has 0 saturated carbocycles. The number of thioether (sulfide) groups is 1. The molecule has 1 N–H and O–H groups in total. The lowest BCUT2D eigenvalue weighted by Crippen LogP contribution is -2.33. The monoisotopic (exact) mass is 477 g/mol. The van der Waals surface area contributed by atoms with Crippen LogP contribution in [0.3, 0.4) is 0 Å². The molecule has 6 nitrogen and oxygen atoms in total. The Bertz CT molecular complexity index is 1270. The van der Waals surface area contributed by atoms with Crippen LogP contribution in [0.5, 0.6) is 0 Å². The highest BCUT2D eigenvalue weighted by Crippen LogP contribution is 2.33. The molecule has 164 valence electrons. The van der Waals surface area contributed by atoms with Crippen LogP contribution in [-0.2, 0) is 22.3 Å². The smallest absolute Gasteiger partial charge is 0.416 e. The summed E-state index contributed by atoms with van der Waals surface area (Å²) in [5, 5.41) is 8.99. The number of amides is 1. The van der Waals surface area contributed by atoms with Gasteiger partial charge in [-0.3, -0.25) is 14.5 Å². The lowest BCUT2D eigenvalue weighted by atomic mass is 10.1. The second kappa shape index (κ2) is 8.40. The summed E-state index contributed by atoms with van der Waals surface area (Å²) in [5.74, 6) is -1.31. The second-order valence-corrected chi connectivity index (χ2v) is 8.58. The quantitative estimate of drug-likeness (QED) is 0.434. The molecular weight excluding hydrogens is 463 g/mol. The Kier molecular flexibility index (Phi) is 5.78. The minimum atomic E-state index is -4.42. The van der Waals surface area contributed by atoms with E-state index in [0.717, 1.165) is 34.3 Å². The van der Waals surface area contributed by atoms with Crippen LogP contribution in [-0.4, -0.2) is 42.3 Å². The third-order valence-electron chi connectivity index (χ3n) is 4.73. The highest BCUT2D eigenvalue weighted by atomic mass is 32.2. The van der Waals surface area contributed by atoms with E-state index in [4.69, 9.17) is 17.3 Å². The Morgan fingerprint density at radius 2 is 1.84 bits per heavy atom. The van der Waals surface area contributed by atoms with Crippen LogP contribution in [0.2, 0.25) is 0 Å². The van der Waals surface area contributed by atoms with Gasteiger partial charge in [0.1, 0.15) is 16.7 Å². The predicted octanol–water partition coefficient (Wildman–Crippen LogP) is 4.39. The summed E-state index contributed by atoms with van der Waals surface area (Å²) in [6, 6.07) is 12.0. The van der Waals surface area contributed by atoms with Crippen molar-refractivity contribution < 1.29 is 27.9 Å². The molecule has 0 spiro atoms. The van der Waals surface area contributed by atoms with E-state index >= 15 is 0 Å². The first kappa shape index (κ1) is 22.0. The van der Waals surface area contributed by atoms with E-state index in [0.29, 0.717) is 16.9 Å². The van der Waals surface area contributed by atoms with Crippen molar-refractivity contribution in [3.05, 3.63) is 70.4 Å². The van der Waals surface area contributed by atoms with Gasteiger partial charge in [-0.2, -0.15) is 13.2 Å². The van der Waals surface area contributed by atoms with Crippen molar-refractivity contribution in [1.29, 1.82) is 0 Å². The van der Waals surface area contributed by atoms with Crippen LogP contribution in [0.4, 0.5) is 13.2 Å². The predicted molar refractivity (Wildman–Crippen MR) is 118 cm³/mol. The average Bonchev–Trinajstić information content (AvgIpc) is 3.20. The fraction of sp³-hybridized carbons (Fsp3) is 0.143. The Labute approximate surface area is 189 Å². The molecule has 0 bridgehead atoms. The van der Waals surface area contributed by atoms with E-state index in [1.807, 2.05) is 12.1 Å². The number of aromatic nitrogens is 2. The Balaban J connectivity index is 1.71. The summed E-state index contributed by atoms with van der Waals surface area (Å²) in [5.41, 5.74) is 1.26. The van der Waals surface area contributed by atoms with Gasteiger partial charge in [0.15, 0.2) is 0 Å². The second-order valence-electron chi connectivity index (χ2n) is 6.90. The maximum atomic E-state index is 12.9. The molecule has 4 rings (SSSR count). The third-order valence-corrected chi connectivity index (χ3v) is 6.11. The standard InChI is InChI=1S/C21H14F3N3O3S2/c22-21(23,24)13-7-5-12(6-8-13)10-26-15-4-2-1-3-14(15)25-17(26)9-16-19(30)27(11-18(28)29)20(31)32-16/h1-9H,10-11H2,(H,28,29)/b16-9-. The lowest BCUT2D eigenvalue weighted by molar-refractivity contribution is -0.140. The minimum Gasteiger partial charge on any atom is -0.480 e. The molecule has 0 unspecified atom stereocenters. The van der Waals surface area contributed by atoms with Crippen molar-refractivity contribution in [3.63, 3.8) is 0 Å². The molecule has 2 aromatic carbocycles. The number of hydrogen-bond acceptors (Lipinski definition) is 5. The number of hydrogen-bond donors (Lipinski definition) is 1. The molecule has 2 heterocycles. The maximum Gasteiger partial charge on any atom is 0.416 e. The van der Waals surface area contributed by atoms with Crippen molar-refractivity contribution in [2.45, 2.75) is 12.7 Å². The molecule has 11 heteroatoms. The summed E-state index contributed by atoms with van der Waals surface area (Å²) in [6.45, 7) is -0.316. The Hall–Kier alpha value is -3.18. The van der Waals surface area contributed by atoms with E-state index < -0.39 is 30.2 Å². The van der Waals surface area contributed by atoms with Gasteiger partial charge in [0.2, 0.25) is 0 Å². The summed E-state index contributed by atoms with van der Waals surface area (Å²) in [4.78, 5) is 29.4. The number of imidazole rings is 1. The van der Waals surface area contributed by atoms with Crippen LogP contribution in [0, 0.1) is 0 Å². The van der Waals surface area contributed by atoms with Crippen molar-refractivity contribution in [2.75, 3.05) is 6.54 Å². The first-order valence-electron chi connectivity index (χ1n) is 9.22. The summed E-state index contributed by atoms with van der Waals surface area (Å²) in [6.07, 6.45) is -2.90. The number of aliphatic carboxylic acids is 1. The number of thiocarbonyl (C=S) groups is 1. The van der Waals surface area contributed by atoms with Crippen LogP contribution in [0.1, 0.15) is 17.0 Å². The number of fused-ring (bicyclic) bond motifs is 1. The number of halogens is 3. The molecule has 0 aliphatic carbocycles. The average molecular weight is 477 g/mol. The van der Waals surface area contributed by atoms with Gasteiger partial charge in [0, 0.05) is 12.6 Å².